The predicted molar refractivity (Wildman–Crippen MR) is 99.6 cm³/mol. The van der Waals surface area contributed by atoms with Gasteiger partial charge in [-0.1, -0.05) is 12.1 Å². The Bertz CT molecular complexity index is 976. The molecular weight excluding hydrogens is 366 g/mol. The minimum atomic E-state index is -0.508. The van der Waals surface area contributed by atoms with Crippen molar-refractivity contribution in [1.29, 1.82) is 0 Å². The van der Waals surface area contributed by atoms with Crippen molar-refractivity contribution >= 4 is 23.2 Å². The van der Waals surface area contributed by atoms with E-state index in [9.17, 15) is 9.59 Å². The molecule has 0 unspecified atom stereocenters. The highest BCUT2D eigenvalue weighted by Crippen LogP contribution is 2.42. The molecule has 0 bridgehead atoms. The van der Waals surface area contributed by atoms with Gasteiger partial charge in [0.15, 0.2) is 6.61 Å². The van der Waals surface area contributed by atoms with E-state index in [-0.39, 0.29) is 12.5 Å². The van der Waals surface area contributed by atoms with E-state index in [1.807, 2.05) is 24.3 Å². The fourth-order valence-electron chi connectivity index (χ4n) is 2.83. The highest BCUT2D eigenvalue weighted by Gasteiger charge is 2.23. The number of fused-ring (bicyclic) bond motifs is 3. The van der Waals surface area contributed by atoms with Crippen LogP contribution in [0.2, 0.25) is 0 Å². The van der Waals surface area contributed by atoms with Gasteiger partial charge in [0, 0.05) is 23.1 Å². The van der Waals surface area contributed by atoms with Crippen molar-refractivity contribution in [2.75, 3.05) is 13.7 Å². The number of nitrogens with zero attached hydrogens (tertiary/aromatic N) is 1. The van der Waals surface area contributed by atoms with Crippen molar-refractivity contribution in [1.82, 2.24) is 4.90 Å². The number of ether oxygens (including phenoxy) is 2. The summed E-state index contributed by atoms with van der Waals surface area (Å²) in [6.45, 7) is 0.428. The van der Waals surface area contributed by atoms with Crippen LogP contribution >= 0.6 is 11.3 Å². The van der Waals surface area contributed by atoms with Crippen LogP contribution < -0.4 is 4.74 Å². The van der Waals surface area contributed by atoms with Gasteiger partial charge in [-0.05, 0) is 30.3 Å². The van der Waals surface area contributed by atoms with Gasteiger partial charge < -0.3 is 18.8 Å². The van der Waals surface area contributed by atoms with Crippen LogP contribution in [0.1, 0.15) is 21.0 Å². The molecule has 6 nitrogen and oxygen atoms in total. The van der Waals surface area contributed by atoms with Crippen molar-refractivity contribution in [2.45, 2.75) is 13.2 Å². The lowest BCUT2D eigenvalue weighted by molar-refractivity contribution is -0.133. The lowest BCUT2D eigenvalue weighted by atomic mass is 10.1. The summed E-state index contributed by atoms with van der Waals surface area (Å²) in [6.07, 6.45) is 1.55. The van der Waals surface area contributed by atoms with Gasteiger partial charge in [0.2, 0.25) is 0 Å². The first-order valence-electron chi connectivity index (χ1n) is 8.40. The SMILES string of the molecule is CN(Cc1ccco1)C(=O)COC(=O)c1cc2c(s1)-c1ccccc1OC2. The van der Waals surface area contributed by atoms with Gasteiger partial charge in [-0.3, -0.25) is 4.79 Å². The minimum Gasteiger partial charge on any atom is -0.488 e. The average molecular weight is 383 g/mol. The van der Waals surface area contributed by atoms with Crippen LogP contribution in [0.15, 0.2) is 53.1 Å². The van der Waals surface area contributed by atoms with E-state index >= 15 is 0 Å². The third-order valence-electron chi connectivity index (χ3n) is 4.25. The summed E-state index contributed by atoms with van der Waals surface area (Å²) in [7, 11) is 1.64. The van der Waals surface area contributed by atoms with Gasteiger partial charge in [0.25, 0.3) is 5.91 Å². The highest BCUT2D eigenvalue weighted by atomic mass is 32.1. The molecule has 2 aromatic heterocycles. The lowest BCUT2D eigenvalue weighted by Gasteiger charge is -2.16. The zero-order chi connectivity index (χ0) is 18.8. The molecule has 1 aliphatic heterocycles. The number of carbonyl (C=O) groups excluding carboxylic acids is 2. The number of furan rings is 1. The Morgan fingerprint density at radius 3 is 2.89 bits per heavy atom. The standard InChI is InChI=1S/C20H17NO5S/c1-21(10-14-5-4-8-24-14)18(22)12-26-20(23)17-9-13-11-25-16-7-3-2-6-15(16)19(13)27-17/h2-9H,10-12H2,1H3. The number of para-hydroxylation sites is 1. The van der Waals surface area contributed by atoms with E-state index < -0.39 is 5.97 Å². The largest absolute Gasteiger partial charge is 0.488 e. The third-order valence-corrected chi connectivity index (χ3v) is 5.44. The highest BCUT2D eigenvalue weighted by molar-refractivity contribution is 7.17. The Hall–Kier alpha value is -3.06. The zero-order valence-electron chi connectivity index (χ0n) is 14.6. The summed E-state index contributed by atoms with van der Waals surface area (Å²) in [4.78, 5) is 27.4. The monoisotopic (exact) mass is 383 g/mol. The number of carbonyl (C=O) groups is 2. The molecule has 3 heterocycles. The number of thiophene rings is 1. The van der Waals surface area contributed by atoms with Gasteiger partial charge in [0.1, 0.15) is 23.0 Å². The molecule has 3 aromatic rings. The van der Waals surface area contributed by atoms with Crippen LogP contribution in [0.4, 0.5) is 0 Å². The molecule has 0 aliphatic carbocycles. The lowest BCUT2D eigenvalue weighted by Crippen LogP contribution is -2.30. The fraction of sp³-hybridized carbons (Fsp3) is 0.200. The maximum atomic E-state index is 12.4. The van der Waals surface area contributed by atoms with Crippen LogP contribution in [0.3, 0.4) is 0 Å². The normalized spacial score (nSPS) is 11.9. The second-order valence-corrected chi connectivity index (χ2v) is 7.21. The molecule has 0 saturated heterocycles. The first kappa shape index (κ1) is 17.4. The van der Waals surface area contributed by atoms with E-state index in [1.54, 1.807) is 31.5 Å². The first-order chi connectivity index (χ1) is 13.1. The van der Waals surface area contributed by atoms with Gasteiger partial charge in [-0.25, -0.2) is 4.79 Å². The zero-order valence-corrected chi connectivity index (χ0v) is 15.5. The number of rotatable bonds is 5. The molecule has 0 fully saturated rings. The van der Waals surface area contributed by atoms with E-state index in [2.05, 4.69) is 0 Å². The first-order valence-corrected chi connectivity index (χ1v) is 9.22. The molecule has 0 radical (unpaired) electrons. The molecule has 1 aromatic carbocycles. The molecule has 4 rings (SSSR count). The maximum absolute atomic E-state index is 12.4. The molecule has 1 aliphatic rings. The second kappa shape index (κ2) is 7.28. The molecule has 0 atom stereocenters. The van der Waals surface area contributed by atoms with Crippen LogP contribution in [0.5, 0.6) is 5.75 Å². The second-order valence-electron chi connectivity index (χ2n) is 6.16. The van der Waals surface area contributed by atoms with Crippen LogP contribution in [0.25, 0.3) is 10.4 Å². The molecule has 27 heavy (non-hydrogen) atoms. The van der Waals surface area contributed by atoms with Crippen molar-refractivity contribution < 1.29 is 23.5 Å². The van der Waals surface area contributed by atoms with E-state index in [0.29, 0.717) is 23.8 Å². The van der Waals surface area contributed by atoms with Crippen LogP contribution in [-0.4, -0.2) is 30.4 Å². The summed E-state index contributed by atoms with van der Waals surface area (Å²) in [5.41, 5.74) is 1.92. The van der Waals surface area contributed by atoms with E-state index in [1.165, 1.54) is 16.2 Å². The van der Waals surface area contributed by atoms with Crippen molar-refractivity contribution in [3.8, 4) is 16.2 Å². The summed E-state index contributed by atoms with van der Waals surface area (Å²) in [6, 6.07) is 13.0. The molecule has 0 saturated carbocycles. The number of esters is 1. The van der Waals surface area contributed by atoms with Gasteiger partial charge in [-0.2, -0.15) is 0 Å². The summed E-state index contributed by atoms with van der Waals surface area (Å²) in [5.74, 6) is 0.671. The minimum absolute atomic E-state index is 0.297. The van der Waals surface area contributed by atoms with Crippen molar-refractivity contribution in [3.05, 3.63) is 64.9 Å². The maximum Gasteiger partial charge on any atom is 0.348 e. The Morgan fingerprint density at radius 2 is 2.07 bits per heavy atom. The van der Waals surface area contributed by atoms with Crippen LogP contribution in [0, 0.1) is 0 Å². The van der Waals surface area contributed by atoms with E-state index in [4.69, 9.17) is 13.9 Å². The Morgan fingerprint density at radius 1 is 1.22 bits per heavy atom. The quantitative estimate of drug-likeness (QED) is 0.628. The number of amides is 1. The van der Waals surface area contributed by atoms with E-state index in [0.717, 1.165) is 21.8 Å². The molecule has 138 valence electrons. The van der Waals surface area contributed by atoms with Crippen molar-refractivity contribution in [3.63, 3.8) is 0 Å². The number of likely N-dealkylation sites (N-methyl/N-ethyl adjacent to an activating group) is 1. The molecule has 0 N–H and O–H groups in total. The molecule has 0 spiro atoms. The third kappa shape index (κ3) is 3.59. The summed E-state index contributed by atoms with van der Waals surface area (Å²) >= 11 is 1.36. The predicted octanol–water partition coefficient (Wildman–Crippen LogP) is 3.72. The number of hydrogen-bond donors (Lipinski definition) is 0. The Kier molecular flexibility index (Phi) is 4.68. The Labute approximate surface area is 159 Å². The van der Waals surface area contributed by atoms with Gasteiger partial charge in [0.05, 0.1) is 12.8 Å². The van der Waals surface area contributed by atoms with Crippen LogP contribution in [-0.2, 0) is 22.7 Å². The smallest absolute Gasteiger partial charge is 0.348 e. The topological polar surface area (TPSA) is 69.0 Å². The number of benzene rings is 1. The van der Waals surface area contributed by atoms with Crippen molar-refractivity contribution in [2.24, 2.45) is 0 Å². The molecular formula is C20H17NO5S. The molecule has 1 amide bonds. The Balaban J connectivity index is 1.40. The summed E-state index contributed by atoms with van der Waals surface area (Å²) in [5, 5.41) is 0. The number of hydrogen-bond acceptors (Lipinski definition) is 6. The molecule has 7 heteroatoms. The summed E-state index contributed by atoms with van der Waals surface area (Å²) < 4.78 is 16.1. The van der Waals surface area contributed by atoms with Gasteiger partial charge >= 0.3 is 5.97 Å². The van der Waals surface area contributed by atoms with Gasteiger partial charge in [-0.15, -0.1) is 11.3 Å². The fourth-order valence-corrected chi connectivity index (χ4v) is 3.92. The average Bonchev–Trinajstić information content (AvgIpc) is 3.35.